The third-order valence-electron chi connectivity index (χ3n) is 3.49. The molecule has 1 unspecified atom stereocenters. The van der Waals surface area contributed by atoms with E-state index in [1.165, 1.54) is 0 Å². The maximum atomic E-state index is 12.1. The van der Waals surface area contributed by atoms with E-state index in [2.05, 4.69) is 0 Å². The van der Waals surface area contributed by atoms with E-state index < -0.39 is 0 Å². The van der Waals surface area contributed by atoms with Crippen LogP contribution in [0.5, 0.6) is 0 Å². The lowest BCUT2D eigenvalue weighted by Gasteiger charge is -2.15. The van der Waals surface area contributed by atoms with Gasteiger partial charge in [0.15, 0.2) is 5.78 Å². The number of rotatable bonds is 4. The van der Waals surface area contributed by atoms with E-state index >= 15 is 0 Å². The second-order valence-electron chi connectivity index (χ2n) is 4.86. The first-order valence-corrected chi connectivity index (χ1v) is 6.18. The van der Waals surface area contributed by atoms with Crippen LogP contribution in [-0.4, -0.2) is 36.2 Å². The highest BCUT2D eigenvalue weighted by atomic mass is 16.1. The van der Waals surface area contributed by atoms with Gasteiger partial charge < -0.3 is 5.73 Å². The Bertz CT molecular complexity index is 471. The normalized spacial score (nSPS) is 19.9. The van der Waals surface area contributed by atoms with Crippen LogP contribution in [0.1, 0.15) is 22.3 Å². The van der Waals surface area contributed by atoms with Gasteiger partial charge in [-0.3, -0.25) is 14.5 Å². The fraction of sp³-hybridized carbons (Fsp3) is 0.429. The molecular weight excluding hydrogens is 228 g/mol. The number of likely N-dealkylation sites (tertiary alicyclic amines) is 1. The third-order valence-corrected chi connectivity index (χ3v) is 3.49. The molecule has 2 rings (SSSR count). The van der Waals surface area contributed by atoms with Crippen molar-refractivity contribution in [3.8, 4) is 0 Å². The molecular formula is C14H18N2O2. The van der Waals surface area contributed by atoms with E-state index in [1.54, 1.807) is 0 Å². The zero-order valence-electron chi connectivity index (χ0n) is 10.6. The zero-order valence-corrected chi connectivity index (χ0v) is 10.6. The summed E-state index contributed by atoms with van der Waals surface area (Å²) in [5.41, 5.74) is 7.03. The highest BCUT2D eigenvalue weighted by Crippen LogP contribution is 2.17. The number of aryl methyl sites for hydroxylation is 1. The summed E-state index contributed by atoms with van der Waals surface area (Å²) in [6, 6.07) is 7.57. The van der Waals surface area contributed by atoms with Gasteiger partial charge in [-0.05, 0) is 25.5 Å². The lowest BCUT2D eigenvalue weighted by molar-refractivity contribution is -0.121. The molecule has 1 aromatic carbocycles. The van der Waals surface area contributed by atoms with Gasteiger partial charge in [0.2, 0.25) is 5.91 Å². The van der Waals surface area contributed by atoms with E-state index in [0.717, 1.165) is 24.1 Å². The molecule has 4 nitrogen and oxygen atoms in total. The zero-order chi connectivity index (χ0) is 13.1. The molecule has 1 aliphatic heterocycles. The second-order valence-corrected chi connectivity index (χ2v) is 4.86. The van der Waals surface area contributed by atoms with Gasteiger partial charge in [0.25, 0.3) is 0 Å². The average Bonchev–Trinajstić information content (AvgIpc) is 2.78. The highest BCUT2D eigenvalue weighted by molar-refractivity contribution is 5.98. The molecule has 0 radical (unpaired) electrons. The topological polar surface area (TPSA) is 63.4 Å². The van der Waals surface area contributed by atoms with Gasteiger partial charge in [-0.1, -0.05) is 24.3 Å². The Labute approximate surface area is 107 Å². The van der Waals surface area contributed by atoms with Crippen LogP contribution in [0.4, 0.5) is 0 Å². The van der Waals surface area contributed by atoms with Crippen molar-refractivity contribution in [2.75, 3.05) is 19.6 Å². The minimum absolute atomic E-state index is 0.102. The minimum Gasteiger partial charge on any atom is -0.369 e. The molecule has 1 fully saturated rings. The van der Waals surface area contributed by atoms with Crippen LogP contribution in [-0.2, 0) is 4.79 Å². The van der Waals surface area contributed by atoms with E-state index in [-0.39, 0.29) is 17.6 Å². The largest absolute Gasteiger partial charge is 0.369 e. The number of hydrogen-bond donors (Lipinski definition) is 1. The summed E-state index contributed by atoms with van der Waals surface area (Å²) in [4.78, 5) is 25.2. The molecule has 1 heterocycles. The van der Waals surface area contributed by atoms with Gasteiger partial charge in [-0.25, -0.2) is 0 Å². The van der Waals surface area contributed by atoms with Crippen LogP contribution in [0.25, 0.3) is 0 Å². The van der Waals surface area contributed by atoms with Crippen molar-refractivity contribution in [3.05, 3.63) is 35.4 Å². The quantitative estimate of drug-likeness (QED) is 0.806. The molecule has 1 amide bonds. The molecule has 1 aliphatic rings. The molecule has 0 saturated carbocycles. The molecule has 2 N–H and O–H groups in total. The van der Waals surface area contributed by atoms with Gasteiger partial charge in [-0.15, -0.1) is 0 Å². The summed E-state index contributed by atoms with van der Waals surface area (Å²) in [6.45, 7) is 3.68. The number of nitrogens with two attached hydrogens (primary N) is 1. The standard InChI is InChI=1S/C14H18N2O2/c1-10-4-2-3-5-12(10)13(17)9-16-7-6-11(8-16)14(15)18/h2-5,11H,6-9H2,1H3,(H2,15,18). The van der Waals surface area contributed by atoms with Crippen LogP contribution < -0.4 is 5.73 Å². The predicted molar refractivity (Wildman–Crippen MR) is 69.3 cm³/mol. The number of Topliss-reactive ketones (excluding diaryl/α,β-unsaturated/α-hetero) is 1. The fourth-order valence-corrected chi connectivity index (χ4v) is 2.38. The van der Waals surface area contributed by atoms with Crippen molar-refractivity contribution < 1.29 is 9.59 Å². The summed E-state index contributed by atoms with van der Waals surface area (Å²) in [5, 5.41) is 0. The first-order valence-electron chi connectivity index (χ1n) is 6.18. The van der Waals surface area contributed by atoms with Crippen LogP contribution in [0.15, 0.2) is 24.3 Å². The molecule has 1 atom stereocenters. The third kappa shape index (κ3) is 2.76. The van der Waals surface area contributed by atoms with Gasteiger partial charge in [-0.2, -0.15) is 0 Å². The summed E-state index contributed by atoms with van der Waals surface area (Å²) < 4.78 is 0. The Morgan fingerprint density at radius 1 is 1.39 bits per heavy atom. The SMILES string of the molecule is Cc1ccccc1C(=O)CN1CCC(C(N)=O)C1. The molecule has 0 aromatic heterocycles. The maximum absolute atomic E-state index is 12.1. The highest BCUT2D eigenvalue weighted by Gasteiger charge is 2.27. The first-order chi connectivity index (χ1) is 8.58. The first kappa shape index (κ1) is 12.8. The van der Waals surface area contributed by atoms with Crippen molar-refractivity contribution >= 4 is 11.7 Å². The van der Waals surface area contributed by atoms with E-state index in [1.807, 2.05) is 36.1 Å². The molecule has 1 saturated heterocycles. The summed E-state index contributed by atoms with van der Waals surface area (Å²) in [7, 11) is 0. The lowest BCUT2D eigenvalue weighted by atomic mass is 10.0. The minimum atomic E-state index is -0.263. The summed E-state index contributed by atoms with van der Waals surface area (Å²) in [5.74, 6) is -0.256. The molecule has 0 bridgehead atoms. The van der Waals surface area contributed by atoms with E-state index in [0.29, 0.717) is 13.1 Å². The molecule has 96 valence electrons. The molecule has 1 aromatic rings. The Kier molecular flexibility index (Phi) is 3.77. The number of primary amides is 1. The maximum Gasteiger partial charge on any atom is 0.221 e. The van der Waals surface area contributed by atoms with Crippen LogP contribution in [0, 0.1) is 12.8 Å². The van der Waals surface area contributed by atoms with Crippen molar-refractivity contribution in [1.82, 2.24) is 4.90 Å². The molecule has 18 heavy (non-hydrogen) atoms. The smallest absolute Gasteiger partial charge is 0.221 e. The average molecular weight is 246 g/mol. The summed E-state index contributed by atoms with van der Waals surface area (Å²) >= 11 is 0. The van der Waals surface area contributed by atoms with E-state index in [9.17, 15) is 9.59 Å². The number of ketones is 1. The second kappa shape index (κ2) is 5.31. The summed E-state index contributed by atoms with van der Waals surface area (Å²) in [6.07, 6.45) is 0.760. The number of carbonyl (C=O) groups excluding carboxylic acids is 2. The molecule has 4 heteroatoms. The number of carbonyl (C=O) groups is 2. The number of hydrogen-bond acceptors (Lipinski definition) is 3. The van der Waals surface area contributed by atoms with Gasteiger partial charge in [0, 0.05) is 12.1 Å². The Hall–Kier alpha value is -1.68. The predicted octanol–water partition coefficient (Wildman–Crippen LogP) is 0.985. The number of benzene rings is 1. The van der Waals surface area contributed by atoms with Crippen LogP contribution >= 0.6 is 0 Å². The van der Waals surface area contributed by atoms with E-state index in [4.69, 9.17) is 5.73 Å². The number of nitrogens with zero attached hydrogens (tertiary/aromatic N) is 1. The van der Waals surface area contributed by atoms with Crippen molar-refractivity contribution in [2.24, 2.45) is 11.7 Å². The fourth-order valence-electron chi connectivity index (χ4n) is 2.38. The van der Waals surface area contributed by atoms with Crippen LogP contribution in [0.2, 0.25) is 0 Å². The van der Waals surface area contributed by atoms with Gasteiger partial charge in [0.1, 0.15) is 0 Å². The van der Waals surface area contributed by atoms with Crippen molar-refractivity contribution in [2.45, 2.75) is 13.3 Å². The van der Waals surface area contributed by atoms with Gasteiger partial charge in [0.05, 0.1) is 12.5 Å². The number of amides is 1. The monoisotopic (exact) mass is 246 g/mol. The van der Waals surface area contributed by atoms with Crippen LogP contribution in [0.3, 0.4) is 0 Å². The Balaban J connectivity index is 1.97. The van der Waals surface area contributed by atoms with Gasteiger partial charge >= 0.3 is 0 Å². The molecule has 0 spiro atoms. The molecule has 0 aliphatic carbocycles. The lowest BCUT2D eigenvalue weighted by Crippen LogP contribution is -2.31. The van der Waals surface area contributed by atoms with Crippen molar-refractivity contribution in [1.29, 1.82) is 0 Å². The Morgan fingerprint density at radius 2 is 2.11 bits per heavy atom. The Morgan fingerprint density at radius 3 is 2.72 bits per heavy atom. The van der Waals surface area contributed by atoms with Crippen molar-refractivity contribution in [3.63, 3.8) is 0 Å².